The summed E-state index contributed by atoms with van der Waals surface area (Å²) in [4.78, 5) is 2.52. The summed E-state index contributed by atoms with van der Waals surface area (Å²) >= 11 is 0. The molecular formula is C53H41N. The first-order valence-electron chi connectivity index (χ1n) is 19.3. The van der Waals surface area contributed by atoms with Crippen LogP contribution in [0, 0.1) is 6.92 Å². The van der Waals surface area contributed by atoms with Crippen LogP contribution in [-0.4, -0.2) is 0 Å². The van der Waals surface area contributed by atoms with Gasteiger partial charge in [-0.25, -0.2) is 0 Å². The minimum Gasteiger partial charge on any atom is -0.309 e. The van der Waals surface area contributed by atoms with Crippen LogP contribution < -0.4 is 4.90 Å². The van der Waals surface area contributed by atoms with E-state index in [0.717, 1.165) is 23.5 Å². The molecule has 258 valence electrons. The van der Waals surface area contributed by atoms with Crippen LogP contribution >= 0.6 is 0 Å². The van der Waals surface area contributed by atoms with Gasteiger partial charge in [0.05, 0.1) is 11.4 Å². The van der Waals surface area contributed by atoms with Crippen molar-refractivity contribution in [2.45, 2.75) is 33.1 Å². The number of hydrogen-bond donors (Lipinski definition) is 0. The Morgan fingerprint density at radius 1 is 0.463 bits per heavy atom. The highest BCUT2D eigenvalue weighted by molar-refractivity contribution is 6.16. The lowest BCUT2D eigenvalue weighted by molar-refractivity contribution is 0.736. The summed E-state index contributed by atoms with van der Waals surface area (Å²) in [5.74, 6) is 0.423. The smallest absolute Gasteiger partial charge is 0.0540 e. The summed E-state index contributed by atoms with van der Waals surface area (Å²) in [6.45, 7) is 7.02. The lowest BCUT2D eigenvalue weighted by Crippen LogP contribution is -2.12. The average molecular weight is 692 g/mol. The van der Waals surface area contributed by atoms with Crippen molar-refractivity contribution in [2.75, 3.05) is 4.90 Å². The Hall–Kier alpha value is -6.44. The molecule has 1 heteroatoms. The summed E-state index contributed by atoms with van der Waals surface area (Å²) in [7, 11) is 0. The minimum atomic E-state index is 0.423. The van der Waals surface area contributed by atoms with E-state index < -0.39 is 0 Å². The normalized spacial score (nSPS) is 12.4. The highest BCUT2D eigenvalue weighted by Gasteiger charge is 2.28. The molecule has 0 heterocycles. The first-order chi connectivity index (χ1) is 26.6. The molecule has 0 saturated heterocycles. The zero-order valence-electron chi connectivity index (χ0n) is 31.0. The summed E-state index contributed by atoms with van der Waals surface area (Å²) in [5.41, 5.74) is 16.5. The number of nitrogens with zero attached hydrogens (tertiary/aromatic N) is 1. The van der Waals surface area contributed by atoms with Gasteiger partial charge in [0, 0.05) is 16.5 Å². The number of hydrogen-bond acceptors (Lipinski definition) is 1. The SMILES string of the molecule is CCC(C)c1ccc2cccc3c2c1-c1c(C)cc(N(c2cccc4ccccc24)c2ccc(-c4ccccc4)c4ccccc24)cc1-c1ccccc1-3. The molecule has 0 fully saturated rings. The fourth-order valence-corrected chi connectivity index (χ4v) is 9.07. The third kappa shape index (κ3) is 5.00. The molecular weight excluding hydrogens is 651 g/mol. The van der Waals surface area contributed by atoms with E-state index in [-0.39, 0.29) is 0 Å². The lowest BCUT2D eigenvalue weighted by Gasteiger charge is -2.30. The zero-order chi connectivity index (χ0) is 36.3. The van der Waals surface area contributed by atoms with Gasteiger partial charge in [-0.05, 0) is 121 Å². The number of fused-ring (bicyclic) bond motifs is 7. The largest absolute Gasteiger partial charge is 0.309 e. The van der Waals surface area contributed by atoms with Crippen LogP contribution in [0.3, 0.4) is 0 Å². The standard InChI is InChI=1S/C53H41N/c1-4-34(2)40-29-28-38-20-14-26-47-44-23-10-11-24-45(44)48-33-39(32-35(3)51(48)53(40)52(38)47)54(49-27-15-19-37-18-8-9-21-42(37)49)50-31-30-41(36-16-6-5-7-17-36)43-22-12-13-25-46(43)50/h5-34H,4H2,1-3H3. The monoisotopic (exact) mass is 691 g/mol. The summed E-state index contributed by atoms with van der Waals surface area (Å²) in [6, 6.07) is 65.3. The van der Waals surface area contributed by atoms with Crippen molar-refractivity contribution < 1.29 is 0 Å². The van der Waals surface area contributed by atoms with Crippen LogP contribution in [0.5, 0.6) is 0 Å². The second kappa shape index (κ2) is 12.9. The molecule has 0 aliphatic heterocycles. The summed E-state index contributed by atoms with van der Waals surface area (Å²) < 4.78 is 0. The lowest BCUT2D eigenvalue weighted by atomic mass is 9.82. The molecule has 0 saturated carbocycles. The molecule has 0 aromatic heterocycles. The second-order valence-corrected chi connectivity index (χ2v) is 14.9. The Labute approximate surface area is 317 Å². The molecule has 1 unspecified atom stereocenters. The molecule has 54 heavy (non-hydrogen) atoms. The van der Waals surface area contributed by atoms with E-state index in [2.05, 4.69) is 202 Å². The molecule has 0 bridgehead atoms. The van der Waals surface area contributed by atoms with E-state index in [4.69, 9.17) is 0 Å². The van der Waals surface area contributed by atoms with Gasteiger partial charge in [0.25, 0.3) is 0 Å². The molecule has 1 aliphatic carbocycles. The Bertz CT molecular complexity index is 2890. The highest BCUT2D eigenvalue weighted by Crippen LogP contribution is 2.54. The number of rotatable bonds is 6. The predicted molar refractivity (Wildman–Crippen MR) is 232 cm³/mol. The van der Waals surface area contributed by atoms with Crippen molar-refractivity contribution in [1.82, 2.24) is 0 Å². The van der Waals surface area contributed by atoms with Gasteiger partial charge in [0.15, 0.2) is 0 Å². The van der Waals surface area contributed by atoms with E-state index in [1.807, 2.05) is 0 Å². The van der Waals surface area contributed by atoms with Gasteiger partial charge in [0.1, 0.15) is 0 Å². The van der Waals surface area contributed by atoms with Gasteiger partial charge in [-0.2, -0.15) is 0 Å². The summed E-state index contributed by atoms with van der Waals surface area (Å²) in [5, 5.41) is 7.57. The Morgan fingerprint density at radius 3 is 1.91 bits per heavy atom. The van der Waals surface area contributed by atoms with Crippen LogP contribution in [0.25, 0.3) is 76.8 Å². The van der Waals surface area contributed by atoms with Crippen molar-refractivity contribution >= 4 is 49.4 Å². The van der Waals surface area contributed by atoms with Crippen LogP contribution in [0.2, 0.25) is 0 Å². The van der Waals surface area contributed by atoms with Gasteiger partial charge in [-0.3, -0.25) is 0 Å². The zero-order valence-corrected chi connectivity index (χ0v) is 31.0. The maximum Gasteiger partial charge on any atom is 0.0540 e. The average Bonchev–Trinajstić information content (AvgIpc) is 3.35. The maximum absolute atomic E-state index is 2.52. The Morgan fingerprint density at radius 2 is 1.09 bits per heavy atom. The van der Waals surface area contributed by atoms with Crippen LogP contribution in [0.4, 0.5) is 17.1 Å². The first-order valence-corrected chi connectivity index (χ1v) is 19.3. The number of anilines is 3. The number of benzene rings is 9. The molecule has 9 aromatic carbocycles. The van der Waals surface area contributed by atoms with Gasteiger partial charge in [-0.1, -0.05) is 166 Å². The van der Waals surface area contributed by atoms with Crippen LogP contribution in [0.1, 0.15) is 37.3 Å². The van der Waals surface area contributed by atoms with E-state index >= 15 is 0 Å². The van der Waals surface area contributed by atoms with Crippen molar-refractivity contribution in [3.8, 4) is 44.5 Å². The molecule has 1 nitrogen and oxygen atoms in total. The highest BCUT2D eigenvalue weighted by atomic mass is 15.1. The fourth-order valence-electron chi connectivity index (χ4n) is 9.07. The van der Waals surface area contributed by atoms with Gasteiger partial charge in [-0.15, -0.1) is 0 Å². The molecule has 1 aliphatic rings. The topological polar surface area (TPSA) is 3.24 Å². The van der Waals surface area contributed by atoms with Crippen molar-refractivity contribution in [1.29, 1.82) is 0 Å². The third-order valence-electron chi connectivity index (χ3n) is 11.8. The van der Waals surface area contributed by atoms with Crippen LogP contribution in [-0.2, 0) is 0 Å². The second-order valence-electron chi connectivity index (χ2n) is 14.9. The molecule has 0 radical (unpaired) electrons. The van der Waals surface area contributed by atoms with Gasteiger partial charge < -0.3 is 4.90 Å². The van der Waals surface area contributed by atoms with Crippen molar-refractivity contribution in [3.63, 3.8) is 0 Å². The Kier molecular flexibility index (Phi) is 7.70. The third-order valence-corrected chi connectivity index (χ3v) is 11.8. The molecule has 1 atom stereocenters. The fraction of sp³-hybridized carbons (Fsp3) is 0.0943. The van der Waals surface area contributed by atoms with E-state index in [1.54, 1.807) is 0 Å². The molecule has 0 N–H and O–H groups in total. The summed E-state index contributed by atoms with van der Waals surface area (Å²) in [6.07, 6.45) is 1.08. The van der Waals surface area contributed by atoms with Gasteiger partial charge in [0.2, 0.25) is 0 Å². The van der Waals surface area contributed by atoms with E-state index in [1.165, 1.54) is 88.0 Å². The van der Waals surface area contributed by atoms with E-state index in [9.17, 15) is 0 Å². The number of aryl methyl sites for hydroxylation is 1. The maximum atomic E-state index is 2.52. The molecule has 0 spiro atoms. The molecule has 9 aromatic rings. The predicted octanol–water partition coefficient (Wildman–Crippen LogP) is 15.4. The Balaban J connectivity index is 1.31. The van der Waals surface area contributed by atoms with Crippen LogP contribution in [0.15, 0.2) is 176 Å². The quantitative estimate of drug-likeness (QED) is 0.168. The molecule has 0 amide bonds. The minimum absolute atomic E-state index is 0.423. The van der Waals surface area contributed by atoms with E-state index in [0.29, 0.717) is 5.92 Å². The first kappa shape index (κ1) is 32.2. The van der Waals surface area contributed by atoms with Gasteiger partial charge >= 0.3 is 0 Å². The molecule has 10 rings (SSSR count). The van der Waals surface area contributed by atoms with Crippen molar-refractivity contribution in [2.24, 2.45) is 0 Å². The van der Waals surface area contributed by atoms with Crippen molar-refractivity contribution in [3.05, 3.63) is 187 Å².